The van der Waals surface area contributed by atoms with Gasteiger partial charge in [0.1, 0.15) is 10.9 Å². The van der Waals surface area contributed by atoms with Crippen molar-refractivity contribution in [3.63, 3.8) is 0 Å². The van der Waals surface area contributed by atoms with Crippen LogP contribution >= 0.6 is 11.3 Å². The van der Waals surface area contributed by atoms with Crippen LogP contribution in [0.15, 0.2) is 12.4 Å². The molecule has 168 valence electrons. The number of nitrogens with zero attached hydrogens (tertiary/aromatic N) is 2. The van der Waals surface area contributed by atoms with Gasteiger partial charge in [-0.3, -0.25) is 4.79 Å². The van der Waals surface area contributed by atoms with Gasteiger partial charge in [0.05, 0.1) is 12.8 Å². The lowest BCUT2D eigenvalue weighted by Gasteiger charge is -2.26. The highest BCUT2D eigenvalue weighted by atomic mass is 32.1. The Morgan fingerprint density at radius 1 is 1.42 bits per heavy atom. The number of aromatic nitrogens is 2. The van der Waals surface area contributed by atoms with Crippen molar-refractivity contribution in [2.45, 2.75) is 39.2 Å². The monoisotopic (exact) mass is 445 g/mol. The largest absolute Gasteiger partial charge is 0.464 e. The molecule has 0 spiro atoms. The molecular formula is C22H31N5O3S. The van der Waals surface area contributed by atoms with Gasteiger partial charge in [0.2, 0.25) is 0 Å². The standard InChI is InChI=1S/C22H31N5O3S/c1-4-6-11-30-21(29)18(12-16-13-24-17(5-2)15(16)3)26-20(28)19-14-25-22(31-19)27-9-7-23-8-10-27/h5,13-14,18,23-24H,3-4,6-12H2,1-2H3,(H,26,28)/b17-5+. The highest BCUT2D eigenvalue weighted by molar-refractivity contribution is 7.17. The van der Waals surface area contributed by atoms with Crippen LogP contribution in [0.1, 0.15) is 41.9 Å². The molecule has 1 amide bonds. The molecule has 2 aromatic heterocycles. The molecule has 0 aromatic carbocycles. The van der Waals surface area contributed by atoms with Crippen LogP contribution in [0.2, 0.25) is 0 Å². The third-order valence-corrected chi connectivity index (χ3v) is 6.32. The van der Waals surface area contributed by atoms with Gasteiger partial charge in [0, 0.05) is 44.1 Å². The Labute approximate surface area is 186 Å². The van der Waals surface area contributed by atoms with Crippen molar-refractivity contribution < 1.29 is 14.3 Å². The third kappa shape index (κ3) is 5.95. The van der Waals surface area contributed by atoms with Gasteiger partial charge in [-0.05, 0) is 24.1 Å². The molecule has 1 saturated heterocycles. The van der Waals surface area contributed by atoms with E-state index in [0.29, 0.717) is 17.9 Å². The average Bonchev–Trinajstić information content (AvgIpc) is 3.41. The normalized spacial score (nSPS) is 15.7. The van der Waals surface area contributed by atoms with Crippen LogP contribution in [-0.4, -0.2) is 60.7 Å². The highest BCUT2D eigenvalue weighted by Crippen LogP contribution is 2.23. The molecule has 31 heavy (non-hydrogen) atoms. The number of unbranched alkanes of at least 4 members (excludes halogenated alkanes) is 1. The fraction of sp³-hybridized carbons (Fsp3) is 0.500. The molecule has 9 heteroatoms. The molecule has 1 aliphatic heterocycles. The number of amides is 1. The van der Waals surface area contributed by atoms with E-state index in [9.17, 15) is 9.59 Å². The Kier molecular flexibility index (Phi) is 8.25. The van der Waals surface area contributed by atoms with Gasteiger partial charge >= 0.3 is 5.97 Å². The van der Waals surface area contributed by atoms with Crippen LogP contribution in [0, 0.1) is 0 Å². The minimum Gasteiger partial charge on any atom is -0.464 e. The van der Waals surface area contributed by atoms with E-state index in [0.717, 1.165) is 60.3 Å². The first-order valence-corrected chi connectivity index (χ1v) is 11.6. The first kappa shape index (κ1) is 23.0. The molecule has 3 heterocycles. The van der Waals surface area contributed by atoms with Crippen molar-refractivity contribution in [3.8, 4) is 0 Å². The number of esters is 1. The van der Waals surface area contributed by atoms with Crippen LogP contribution in [0.5, 0.6) is 0 Å². The van der Waals surface area contributed by atoms with Crippen LogP contribution in [0.3, 0.4) is 0 Å². The predicted molar refractivity (Wildman–Crippen MR) is 124 cm³/mol. The highest BCUT2D eigenvalue weighted by Gasteiger charge is 2.25. The van der Waals surface area contributed by atoms with E-state index >= 15 is 0 Å². The van der Waals surface area contributed by atoms with E-state index in [1.54, 1.807) is 6.20 Å². The van der Waals surface area contributed by atoms with Crippen molar-refractivity contribution in [1.82, 2.24) is 20.6 Å². The SMILES string of the molecule is C=c1c(CC(NC(=O)c2cnc(N3CCNCC3)s2)C(=O)OCCCC)c[nH]/c1=C/C. The predicted octanol–water partition coefficient (Wildman–Crippen LogP) is 0.776. The number of hydrogen-bond donors (Lipinski definition) is 3. The molecule has 3 N–H and O–H groups in total. The summed E-state index contributed by atoms with van der Waals surface area (Å²) in [6, 6.07) is -0.796. The van der Waals surface area contributed by atoms with Gasteiger partial charge in [0.15, 0.2) is 5.13 Å². The zero-order chi connectivity index (χ0) is 22.2. The molecule has 0 saturated carbocycles. The topological polar surface area (TPSA) is 99.4 Å². The zero-order valence-electron chi connectivity index (χ0n) is 18.2. The lowest BCUT2D eigenvalue weighted by Crippen LogP contribution is -2.44. The number of hydrogen-bond acceptors (Lipinski definition) is 7. The number of piperazine rings is 1. The maximum absolute atomic E-state index is 12.9. The number of thiazole rings is 1. The van der Waals surface area contributed by atoms with E-state index in [2.05, 4.69) is 32.1 Å². The van der Waals surface area contributed by atoms with E-state index < -0.39 is 12.0 Å². The molecule has 8 nitrogen and oxygen atoms in total. The maximum atomic E-state index is 12.9. The van der Waals surface area contributed by atoms with Crippen molar-refractivity contribution in [1.29, 1.82) is 0 Å². The molecule has 2 aromatic rings. The summed E-state index contributed by atoms with van der Waals surface area (Å²) in [4.78, 5) is 35.8. The molecule has 1 atom stereocenters. The lowest BCUT2D eigenvalue weighted by molar-refractivity contribution is -0.146. The fourth-order valence-corrected chi connectivity index (χ4v) is 4.26. The number of H-pyrrole nitrogens is 1. The summed E-state index contributed by atoms with van der Waals surface area (Å²) in [6.45, 7) is 11.9. The minimum absolute atomic E-state index is 0.309. The van der Waals surface area contributed by atoms with Crippen molar-refractivity contribution in [3.05, 3.63) is 33.4 Å². The number of nitrogens with one attached hydrogen (secondary N) is 3. The first-order chi connectivity index (χ1) is 15.0. The smallest absolute Gasteiger partial charge is 0.328 e. The summed E-state index contributed by atoms with van der Waals surface area (Å²) in [5.74, 6) is -0.754. The van der Waals surface area contributed by atoms with Gasteiger partial charge in [0.25, 0.3) is 5.91 Å². The molecule has 3 rings (SSSR count). The Bertz CT molecular complexity index is 993. The van der Waals surface area contributed by atoms with Crippen LogP contribution in [0.4, 0.5) is 5.13 Å². The van der Waals surface area contributed by atoms with Gasteiger partial charge in [-0.1, -0.05) is 37.3 Å². The van der Waals surface area contributed by atoms with Crippen molar-refractivity contribution >= 4 is 41.0 Å². The van der Waals surface area contributed by atoms with Gasteiger partial charge in [-0.25, -0.2) is 9.78 Å². The van der Waals surface area contributed by atoms with Crippen molar-refractivity contribution in [2.24, 2.45) is 0 Å². The average molecular weight is 446 g/mol. The summed E-state index contributed by atoms with van der Waals surface area (Å²) in [7, 11) is 0. The van der Waals surface area contributed by atoms with Crippen LogP contribution < -0.4 is 26.1 Å². The van der Waals surface area contributed by atoms with E-state index in [1.165, 1.54) is 11.3 Å². The summed E-state index contributed by atoms with van der Waals surface area (Å²) in [5.41, 5.74) is 0.872. The molecule has 0 aliphatic carbocycles. The minimum atomic E-state index is -0.796. The van der Waals surface area contributed by atoms with Crippen LogP contribution in [0.25, 0.3) is 12.7 Å². The second-order valence-corrected chi connectivity index (χ2v) is 8.50. The number of carbonyl (C=O) groups is 2. The van der Waals surface area contributed by atoms with E-state index in [1.807, 2.05) is 26.1 Å². The summed E-state index contributed by atoms with van der Waals surface area (Å²) in [6.07, 6.45) is 7.35. The molecule has 1 aliphatic rings. The van der Waals surface area contributed by atoms with E-state index in [4.69, 9.17) is 4.74 Å². The zero-order valence-corrected chi connectivity index (χ0v) is 19.0. The second-order valence-electron chi connectivity index (χ2n) is 7.49. The van der Waals surface area contributed by atoms with Crippen LogP contribution in [-0.2, 0) is 16.0 Å². The van der Waals surface area contributed by atoms with Crippen molar-refractivity contribution in [2.75, 3.05) is 37.7 Å². The van der Waals surface area contributed by atoms with E-state index in [-0.39, 0.29) is 5.91 Å². The maximum Gasteiger partial charge on any atom is 0.328 e. The first-order valence-electron chi connectivity index (χ1n) is 10.7. The number of rotatable bonds is 9. The lowest BCUT2D eigenvalue weighted by atomic mass is 10.1. The summed E-state index contributed by atoms with van der Waals surface area (Å²) < 4.78 is 5.41. The molecular weight excluding hydrogens is 414 g/mol. The molecule has 0 bridgehead atoms. The quantitative estimate of drug-likeness (QED) is 0.390. The Morgan fingerprint density at radius 3 is 2.87 bits per heavy atom. The van der Waals surface area contributed by atoms with Gasteiger partial charge in [-0.2, -0.15) is 0 Å². The molecule has 1 fully saturated rings. The third-order valence-electron chi connectivity index (χ3n) is 5.26. The fourth-order valence-electron chi connectivity index (χ4n) is 3.38. The second kappa shape index (κ2) is 11.1. The van der Waals surface area contributed by atoms with Gasteiger partial charge < -0.3 is 25.3 Å². The van der Waals surface area contributed by atoms with Gasteiger partial charge in [-0.15, -0.1) is 0 Å². The molecule has 1 unspecified atom stereocenters. The summed E-state index contributed by atoms with van der Waals surface area (Å²) in [5, 5.41) is 8.70. The number of ether oxygens (including phenoxy) is 1. The number of carbonyl (C=O) groups excluding carboxylic acids is 2. The molecule has 0 radical (unpaired) electrons. The number of anilines is 1. The number of aromatic amines is 1. The Morgan fingerprint density at radius 2 is 2.19 bits per heavy atom. The Balaban J connectivity index is 1.72. The summed E-state index contributed by atoms with van der Waals surface area (Å²) >= 11 is 1.34. The Hall–Kier alpha value is -2.65.